The Bertz CT molecular complexity index is 982. The fourth-order valence-corrected chi connectivity index (χ4v) is 2.89. The summed E-state index contributed by atoms with van der Waals surface area (Å²) in [5.74, 6) is 0.288. The predicted molar refractivity (Wildman–Crippen MR) is 84.0 cm³/mol. The second-order valence-corrected chi connectivity index (χ2v) is 5.34. The molecule has 0 fully saturated rings. The smallest absolute Gasteiger partial charge is 0.283 e. The molecule has 102 valence electrons. The molecule has 0 atom stereocenters. The van der Waals surface area contributed by atoms with Crippen LogP contribution in [0.15, 0.2) is 39.6 Å². The molecule has 3 aromatic rings. The molecule has 3 heterocycles. The highest BCUT2D eigenvalue weighted by Crippen LogP contribution is 2.32. The number of nitrogens with two attached hydrogens (primary N) is 1. The van der Waals surface area contributed by atoms with Crippen LogP contribution in [0.5, 0.6) is 0 Å². The first-order valence-corrected chi connectivity index (χ1v) is 7.09. The second kappa shape index (κ2) is 4.35. The van der Waals surface area contributed by atoms with Crippen molar-refractivity contribution in [2.75, 3.05) is 5.73 Å². The average Bonchev–Trinajstić information content (AvgIpc) is 3.10. The van der Waals surface area contributed by atoms with E-state index in [2.05, 4.69) is 15.1 Å². The number of allylic oxidation sites excluding steroid dienone is 1. The minimum atomic E-state index is -0.359. The summed E-state index contributed by atoms with van der Waals surface area (Å²) in [4.78, 5) is 20.9. The number of fused-ring (bicyclic) bond motifs is 2. The maximum absolute atomic E-state index is 12.1. The zero-order valence-corrected chi connectivity index (χ0v) is 11.5. The van der Waals surface area contributed by atoms with E-state index in [1.54, 1.807) is 17.8 Å². The summed E-state index contributed by atoms with van der Waals surface area (Å²) in [6.07, 6.45) is 3.44. The van der Waals surface area contributed by atoms with Gasteiger partial charge in [-0.25, -0.2) is 0 Å². The Balaban J connectivity index is 1.95. The van der Waals surface area contributed by atoms with Crippen LogP contribution in [0.3, 0.4) is 0 Å². The number of hydrogen-bond donors (Lipinski definition) is 1. The number of nitrogens with zero attached hydrogens (tertiary/aromatic N) is 4. The van der Waals surface area contributed by atoms with Gasteiger partial charge in [0, 0.05) is 17.4 Å². The van der Waals surface area contributed by atoms with E-state index in [0.29, 0.717) is 10.5 Å². The van der Waals surface area contributed by atoms with E-state index in [9.17, 15) is 4.79 Å². The predicted octanol–water partition coefficient (Wildman–Crippen LogP) is 1.99. The van der Waals surface area contributed by atoms with Crippen molar-refractivity contribution in [2.24, 2.45) is 4.99 Å². The van der Waals surface area contributed by atoms with E-state index >= 15 is 0 Å². The number of rotatable bonds is 1. The summed E-state index contributed by atoms with van der Waals surface area (Å²) in [5, 5.41) is 4.08. The maximum Gasteiger partial charge on any atom is 0.283 e. The van der Waals surface area contributed by atoms with Gasteiger partial charge < -0.3 is 5.73 Å². The summed E-state index contributed by atoms with van der Waals surface area (Å²) in [7, 11) is 0. The first-order chi connectivity index (χ1) is 10.2. The summed E-state index contributed by atoms with van der Waals surface area (Å²) in [5.41, 5.74) is 10.3. The van der Waals surface area contributed by atoms with Crippen LogP contribution in [0.1, 0.15) is 11.1 Å². The van der Waals surface area contributed by atoms with Crippen molar-refractivity contribution in [1.29, 1.82) is 0 Å². The van der Waals surface area contributed by atoms with E-state index in [-0.39, 0.29) is 11.4 Å². The van der Waals surface area contributed by atoms with Gasteiger partial charge in [0.25, 0.3) is 5.56 Å². The molecule has 0 radical (unpaired) electrons. The standard InChI is InChI=1S/C14H9N5OS/c15-12-10(13(20)18-14-19(12)17-7-21-14)5-8-6-16-11-4-2-1-3-9(8)11/h1-7H,15H2. The van der Waals surface area contributed by atoms with Crippen LogP contribution in [0.4, 0.5) is 11.5 Å². The molecule has 2 N–H and O–H groups in total. The molecule has 0 saturated heterocycles. The molecule has 0 aliphatic carbocycles. The molecule has 1 aliphatic rings. The Kier molecular flexibility index (Phi) is 2.48. The molecular weight excluding hydrogens is 286 g/mol. The molecule has 2 aromatic heterocycles. The van der Waals surface area contributed by atoms with E-state index in [4.69, 9.17) is 5.73 Å². The Labute approximate surface area is 122 Å². The normalized spacial score (nSPS) is 15.0. The number of nitrogen functional groups attached to an aromatic ring is 1. The van der Waals surface area contributed by atoms with Gasteiger partial charge in [0.2, 0.25) is 4.96 Å². The number of para-hydroxylation sites is 1. The van der Waals surface area contributed by atoms with Crippen LogP contribution in [-0.2, 0) is 0 Å². The first-order valence-electron chi connectivity index (χ1n) is 6.21. The Morgan fingerprint density at radius 3 is 3.05 bits per heavy atom. The van der Waals surface area contributed by atoms with Gasteiger partial charge in [-0.3, -0.25) is 9.79 Å². The highest BCUT2D eigenvalue weighted by atomic mass is 32.1. The molecule has 0 bridgehead atoms. The van der Waals surface area contributed by atoms with Gasteiger partial charge in [0.1, 0.15) is 11.3 Å². The third kappa shape index (κ3) is 1.78. The highest BCUT2D eigenvalue weighted by molar-refractivity contribution is 7.14. The van der Waals surface area contributed by atoms with Crippen LogP contribution in [0.2, 0.25) is 0 Å². The molecule has 1 aromatic carbocycles. The number of aromatic nitrogens is 3. The first kappa shape index (κ1) is 12.0. The molecule has 0 unspecified atom stereocenters. The summed E-state index contributed by atoms with van der Waals surface area (Å²) >= 11 is 1.27. The van der Waals surface area contributed by atoms with E-state index in [0.717, 1.165) is 16.8 Å². The lowest BCUT2D eigenvalue weighted by Gasteiger charge is -2.03. The topological polar surface area (TPSA) is 85.6 Å². The molecule has 0 amide bonds. The van der Waals surface area contributed by atoms with Crippen LogP contribution in [0.25, 0.3) is 16.6 Å². The largest absolute Gasteiger partial charge is 0.383 e. The third-order valence-electron chi connectivity index (χ3n) is 3.29. The number of benzene rings is 1. The lowest BCUT2D eigenvalue weighted by atomic mass is 10.1. The fourth-order valence-electron chi connectivity index (χ4n) is 2.27. The molecule has 0 saturated carbocycles. The van der Waals surface area contributed by atoms with Crippen molar-refractivity contribution < 1.29 is 0 Å². The molecule has 4 rings (SSSR count). The Morgan fingerprint density at radius 2 is 2.14 bits per heavy atom. The van der Waals surface area contributed by atoms with Gasteiger partial charge in [0.05, 0.1) is 11.3 Å². The molecular formula is C14H9N5OS. The second-order valence-electron chi connectivity index (χ2n) is 4.52. The SMILES string of the molecule is Nc1c(C=C2C=Nc3ccccc32)c(=O)nc2scnn12. The van der Waals surface area contributed by atoms with Crippen LogP contribution in [0, 0.1) is 0 Å². The van der Waals surface area contributed by atoms with E-state index in [1.165, 1.54) is 15.9 Å². The van der Waals surface area contributed by atoms with Crippen LogP contribution in [-0.4, -0.2) is 20.8 Å². The molecule has 6 nitrogen and oxygen atoms in total. The van der Waals surface area contributed by atoms with Gasteiger partial charge in [0.15, 0.2) is 0 Å². The van der Waals surface area contributed by atoms with Crippen molar-refractivity contribution >= 4 is 45.7 Å². The third-order valence-corrected chi connectivity index (χ3v) is 3.97. The monoisotopic (exact) mass is 295 g/mol. The van der Waals surface area contributed by atoms with Gasteiger partial charge in [-0.1, -0.05) is 29.5 Å². The summed E-state index contributed by atoms with van der Waals surface area (Å²) in [6.45, 7) is 0. The van der Waals surface area contributed by atoms with Crippen molar-refractivity contribution in [3.05, 3.63) is 51.3 Å². The van der Waals surface area contributed by atoms with Gasteiger partial charge in [-0.15, -0.1) is 0 Å². The highest BCUT2D eigenvalue weighted by Gasteiger charge is 2.15. The number of anilines is 1. The molecule has 7 heteroatoms. The van der Waals surface area contributed by atoms with Crippen LogP contribution < -0.4 is 11.3 Å². The Morgan fingerprint density at radius 1 is 1.29 bits per heavy atom. The maximum atomic E-state index is 12.1. The van der Waals surface area contributed by atoms with Crippen LogP contribution >= 0.6 is 11.3 Å². The number of hydrogen-bond acceptors (Lipinski definition) is 6. The fraction of sp³-hybridized carbons (Fsp3) is 0. The minimum absolute atomic E-state index is 0.288. The lowest BCUT2D eigenvalue weighted by Crippen LogP contribution is -2.16. The summed E-state index contributed by atoms with van der Waals surface area (Å²) < 4.78 is 1.47. The van der Waals surface area contributed by atoms with Crippen molar-refractivity contribution in [1.82, 2.24) is 14.6 Å². The average molecular weight is 295 g/mol. The molecule has 1 aliphatic heterocycles. The van der Waals surface area contributed by atoms with Gasteiger partial charge in [-0.05, 0) is 12.1 Å². The minimum Gasteiger partial charge on any atom is -0.383 e. The zero-order valence-electron chi connectivity index (χ0n) is 10.7. The lowest BCUT2D eigenvalue weighted by molar-refractivity contribution is 0.941. The summed E-state index contributed by atoms with van der Waals surface area (Å²) in [6, 6.07) is 7.73. The van der Waals surface area contributed by atoms with E-state index < -0.39 is 0 Å². The zero-order chi connectivity index (χ0) is 14.4. The van der Waals surface area contributed by atoms with Crippen molar-refractivity contribution in [3.8, 4) is 0 Å². The Hall–Kier alpha value is -2.80. The molecule has 21 heavy (non-hydrogen) atoms. The van der Waals surface area contributed by atoms with Crippen molar-refractivity contribution in [2.45, 2.75) is 0 Å². The molecule has 0 spiro atoms. The van der Waals surface area contributed by atoms with Crippen molar-refractivity contribution in [3.63, 3.8) is 0 Å². The number of aliphatic imine (C=N–C) groups is 1. The van der Waals surface area contributed by atoms with Gasteiger partial charge in [-0.2, -0.15) is 14.6 Å². The quantitative estimate of drug-likeness (QED) is 0.744. The van der Waals surface area contributed by atoms with E-state index in [1.807, 2.05) is 24.3 Å². The van der Waals surface area contributed by atoms with Gasteiger partial charge >= 0.3 is 0 Å².